The highest BCUT2D eigenvalue weighted by Gasteiger charge is 2.23. The van der Waals surface area contributed by atoms with Gasteiger partial charge in [0.1, 0.15) is 11.7 Å². The monoisotopic (exact) mass is 551 g/mol. The number of amides is 3. The normalized spacial score (nSPS) is 12.0. The maximum absolute atomic E-state index is 13.3. The Balaban J connectivity index is 1.90. The summed E-state index contributed by atoms with van der Waals surface area (Å²) in [7, 11) is 1.15. The van der Waals surface area contributed by atoms with E-state index in [1.54, 1.807) is 12.1 Å². The Bertz CT molecular complexity index is 1500. The number of alkyl carbamates (subject to hydrolysis) is 1. The summed E-state index contributed by atoms with van der Waals surface area (Å²) in [5, 5.41) is 15.7. The summed E-state index contributed by atoms with van der Waals surface area (Å²) in [5.74, 6) is -1.01. The van der Waals surface area contributed by atoms with Gasteiger partial charge in [0.05, 0.1) is 24.9 Å². The van der Waals surface area contributed by atoms with Crippen LogP contribution < -0.4 is 21.9 Å². The zero-order chi connectivity index (χ0) is 29.4. The zero-order valence-corrected chi connectivity index (χ0v) is 22.5. The number of aromatic nitrogens is 2. The number of allylic oxidation sites excluding steroid dienone is 1. The number of carboxylic acid groups (broad SMARTS) is 1. The zero-order valence-electron chi connectivity index (χ0n) is 22.5. The minimum absolute atomic E-state index is 0.0599. The summed E-state index contributed by atoms with van der Waals surface area (Å²) in [6, 6.07) is 9.22. The molecule has 0 fully saturated rings. The molecule has 12 nitrogen and oxygen atoms in total. The van der Waals surface area contributed by atoms with Gasteiger partial charge in [0, 0.05) is 11.6 Å². The molecule has 2 aromatic heterocycles. The Morgan fingerprint density at radius 3 is 2.55 bits per heavy atom. The first-order chi connectivity index (χ1) is 19.0. The summed E-state index contributed by atoms with van der Waals surface area (Å²) in [4.78, 5) is 61.2. The summed E-state index contributed by atoms with van der Waals surface area (Å²) in [5.41, 5.74) is 6.30. The van der Waals surface area contributed by atoms with Crippen molar-refractivity contribution in [1.29, 1.82) is 0 Å². The fraction of sp³-hybridized carbons (Fsp3) is 0.321. The van der Waals surface area contributed by atoms with Gasteiger partial charge in [0.2, 0.25) is 11.8 Å². The number of hydrogen-bond acceptors (Lipinski definition) is 6. The third-order valence-corrected chi connectivity index (χ3v) is 6.11. The fourth-order valence-corrected chi connectivity index (χ4v) is 4.41. The van der Waals surface area contributed by atoms with Crippen molar-refractivity contribution in [3.05, 3.63) is 76.4 Å². The number of benzene rings is 1. The Morgan fingerprint density at radius 2 is 1.90 bits per heavy atom. The first-order valence-corrected chi connectivity index (χ1v) is 12.7. The van der Waals surface area contributed by atoms with Crippen LogP contribution in [-0.4, -0.2) is 51.4 Å². The number of carbonyl (C=O) groups is 4. The number of nitrogens with zero attached hydrogens (tertiary/aromatic N) is 2. The van der Waals surface area contributed by atoms with Gasteiger partial charge >= 0.3 is 12.2 Å². The Kier molecular flexibility index (Phi) is 9.85. The van der Waals surface area contributed by atoms with Crippen molar-refractivity contribution in [1.82, 2.24) is 14.5 Å². The maximum atomic E-state index is 13.3. The molecular weight excluding hydrogens is 518 g/mol. The molecule has 2 heterocycles. The van der Waals surface area contributed by atoms with Gasteiger partial charge in [-0.1, -0.05) is 38.1 Å². The van der Waals surface area contributed by atoms with Crippen LogP contribution in [0.5, 0.6) is 0 Å². The first kappa shape index (κ1) is 29.7. The second-order valence-corrected chi connectivity index (χ2v) is 9.62. The van der Waals surface area contributed by atoms with E-state index in [2.05, 4.69) is 29.2 Å². The SMILES string of the molecule is COC(=O)NC(CCC=CC(N)=O)C(=O)Nc1cccn(Cc2cc3cccc(CC(C)C)c3n2C(=O)O)c1=O. The number of carbonyl (C=O) groups excluding carboxylic acids is 3. The van der Waals surface area contributed by atoms with Gasteiger partial charge in [-0.05, 0) is 55.0 Å². The van der Waals surface area contributed by atoms with Gasteiger partial charge in [-0.3, -0.25) is 14.4 Å². The smallest absolute Gasteiger partial charge is 0.416 e. The van der Waals surface area contributed by atoms with Crippen molar-refractivity contribution in [3.8, 4) is 0 Å². The molecule has 0 spiro atoms. The van der Waals surface area contributed by atoms with Crippen LogP contribution in [0.15, 0.2) is 59.5 Å². The van der Waals surface area contributed by atoms with Crippen LogP contribution in [0.4, 0.5) is 15.3 Å². The molecule has 3 aromatic rings. The number of primary amides is 1. The molecule has 0 aliphatic rings. The van der Waals surface area contributed by atoms with Crippen molar-refractivity contribution in [2.24, 2.45) is 11.7 Å². The molecule has 5 N–H and O–H groups in total. The molecule has 1 atom stereocenters. The number of para-hydroxylation sites is 1. The summed E-state index contributed by atoms with van der Waals surface area (Å²) < 4.78 is 7.07. The lowest BCUT2D eigenvalue weighted by Gasteiger charge is -2.17. The van der Waals surface area contributed by atoms with Crippen LogP contribution >= 0.6 is 0 Å². The van der Waals surface area contributed by atoms with Gasteiger partial charge in [0.25, 0.3) is 5.56 Å². The van der Waals surface area contributed by atoms with Crippen LogP contribution in [0, 0.1) is 5.92 Å². The molecule has 40 heavy (non-hydrogen) atoms. The van der Waals surface area contributed by atoms with Crippen LogP contribution in [0.2, 0.25) is 0 Å². The number of nitrogens with one attached hydrogen (secondary N) is 2. The van der Waals surface area contributed by atoms with Crippen molar-refractivity contribution in [3.63, 3.8) is 0 Å². The molecule has 12 heteroatoms. The average molecular weight is 552 g/mol. The van der Waals surface area contributed by atoms with E-state index >= 15 is 0 Å². The number of pyridine rings is 1. The van der Waals surface area contributed by atoms with E-state index in [4.69, 9.17) is 5.73 Å². The third kappa shape index (κ3) is 7.37. The Labute approximate surface area is 230 Å². The molecule has 0 bridgehead atoms. The van der Waals surface area contributed by atoms with Crippen LogP contribution in [0.25, 0.3) is 10.9 Å². The Hall–Kier alpha value is -4.87. The maximum Gasteiger partial charge on any atom is 0.416 e. The molecular formula is C28H33N5O7. The third-order valence-electron chi connectivity index (χ3n) is 6.11. The largest absolute Gasteiger partial charge is 0.464 e. The van der Waals surface area contributed by atoms with Crippen molar-refractivity contribution >= 4 is 40.6 Å². The summed E-state index contributed by atoms with van der Waals surface area (Å²) in [6.45, 7) is 4.04. The molecule has 0 saturated carbocycles. The fourth-order valence-electron chi connectivity index (χ4n) is 4.41. The molecule has 1 unspecified atom stereocenters. The van der Waals surface area contributed by atoms with Gasteiger partial charge < -0.3 is 30.8 Å². The molecule has 212 valence electrons. The molecule has 0 aliphatic heterocycles. The highest BCUT2D eigenvalue weighted by atomic mass is 16.5. The van der Waals surface area contributed by atoms with E-state index in [9.17, 15) is 29.1 Å². The number of rotatable bonds is 11. The van der Waals surface area contributed by atoms with E-state index < -0.39 is 35.6 Å². The highest BCUT2D eigenvalue weighted by molar-refractivity contribution is 5.96. The molecule has 0 aliphatic carbocycles. The first-order valence-electron chi connectivity index (χ1n) is 12.7. The number of methoxy groups -OCH3 is 1. The lowest BCUT2D eigenvalue weighted by atomic mass is 10.0. The molecule has 0 radical (unpaired) electrons. The molecule has 0 saturated heterocycles. The number of anilines is 1. The Morgan fingerprint density at radius 1 is 1.15 bits per heavy atom. The van der Waals surface area contributed by atoms with Crippen LogP contribution in [-0.2, 0) is 27.3 Å². The van der Waals surface area contributed by atoms with E-state index in [0.717, 1.165) is 24.1 Å². The van der Waals surface area contributed by atoms with Gasteiger partial charge in [-0.15, -0.1) is 0 Å². The molecule has 3 amide bonds. The predicted octanol–water partition coefficient (Wildman–Crippen LogP) is 3.06. The van der Waals surface area contributed by atoms with Crippen molar-refractivity contribution in [2.45, 2.75) is 45.7 Å². The van der Waals surface area contributed by atoms with E-state index in [-0.39, 0.29) is 25.1 Å². The van der Waals surface area contributed by atoms with Crippen LogP contribution in [0.1, 0.15) is 37.9 Å². The summed E-state index contributed by atoms with van der Waals surface area (Å²) in [6.07, 6.45) is 3.12. The van der Waals surface area contributed by atoms with Gasteiger partial charge in [-0.25, -0.2) is 14.2 Å². The number of fused-ring (bicyclic) bond motifs is 1. The van der Waals surface area contributed by atoms with Crippen molar-refractivity contribution < 1.29 is 29.0 Å². The number of ether oxygens (including phenoxy) is 1. The summed E-state index contributed by atoms with van der Waals surface area (Å²) >= 11 is 0. The van der Waals surface area contributed by atoms with Crippen LogP contribution in [0.3, 0.4) is 0 Å². The lowest BCUT2D eigenvalue weighted by Crippen LogP contribution is -2.44. The second-order valence-electron chi connectivity index (χ2n) is 9.62. The minimum Gasteiger partial charge on any atom is -0.464 e. The van der Waals surface area contributed by atoms with Crippen molar-refractivity contribution in [2.75, 3.05) is 12.4 Å². The van der Waals surface area contributed by atoms with E-state index in [1.807, 2.05) is 18.2 Å². The molecule has 1 aromatic carbocycles. The van der Waals surface area contributed by atoms with Gasteiger partial charge in [-0.2, -0.15) is 0 Å². The predicted molar refractivity (Wildman–Crippen MR) is 149 cm³/mol. The molecule has 3 rings (SSSR count). The lowest BCUT2D eigenvalue weighted by molar-refractivity contribution is -0.118. The number of nitrogens with two attached hydrogens (primary N) is 1. The topological polar surface area (TPSA) is 175 Å². The van der Waals surface area contributed by atoms with Gasteiger partial charge in [0.15, 0.2) is 0 Å². The highest BCUT2D eigenvalue weighted by Crippen LogP contribution is 2.26. The average Bonchev–Trinajstić information content (AvgIpc) is 3.26. The van der Waals surface area contributed by atoms with E-state index in [0.29, 0.717) is 23.5 Å². The standard InChI is InChI=1S/C28H33N5O7/c1-17(2)14-18-8-6-9-19-15-20(33(24(18)19)28(38)39)16-32-13-7-11-22(26(32)36)30-25(35)21(31-27(37)40-3)10-4-5-12-23(29)34/h5-9,11-13,15,17,21H,4,10,14,16H2,1-3H3,(H2,29,34)(H,30,35)(H,31,37)(H,38,39). The number of hydrogen-bond donors (Lipinski definition) is 4. The van der Waals surface area contributed by atoms with E-state index in [1.165, 1.54) is 27.5 Å². The second kappa shape index (κ2) is 13.3. The quantitative estimate of drug-likeness (QED) is 0.265. The minimum atomic E-state index is -1.17.